The number of carbonyl (C=O) groups excluding carboxylic acids is 2. The van der Waals surface area contributed by atoms with E-state index in [1.807, 2.05) is 12.1 Å². The summed E-state index contributed by atoms with van der Waals surface area (Å²) in [4.78, 5) is 25.6. The van der Waals surface area contributed by atoms with Gasteiger partial charge in [0.05, 0.1) is 94.6 Å². The van der Waals surface area contributed by atoms with Crippen molar-refractivity contribution in [3.63, 3.8) is 0 Å². The highest BCUT2D eigenvalue weighted by Gasteiger charge is 2.42. The van der Waals surface area contributed by atoms with Crippen LogP contribution in [-0.4, -0.2) is 110 Å². The molecule has 344 valence electrons. The summed E-state index contributed by atoms with van der Waals surface area (Å²) in [5.41, 5.74) is 12.5. The molecule has 0 amide bonds. The number of esters is 2. The zero-order chi connectivity index (χ0) is 46.2. The summed E-state index contributed by atoms with van der Waals surface area (Å²) in [5, 5.41) is 0. The number of benzene rings is 4. The van der Waals surface area contributed by atoms with E-state index < -0.39 is 11.9 Å². The van der Waals surface area contributed by atoms with E-state index >= 15 is 0 Å². The normalized spacial score (nSPS) is 20.2. The fourth-order valence-electron chi connectivity index (χ4n) is 9.99. The minimum atomic E-state index is -0.569. The summed E-state index contributed by atoms with van der Waals surface area (Å²) >= 11 is 0. The summed E-state index contributed by atoms with van der Waals surface area (Å²) < 4.78 is 41.4. The first-order valence-corrected chi connectivity index (χ1v) is 22.6. The molecule has 0 N–H and O–H groups in total. The maximum Gasteiger partial charge on any atom is 0.331 e. The summed E-state index contributed by atoms with van der Waals surface area (Å²) in [6.45, 7) is 12.6. The molecule has 4 aromatic carbocycles. The minimum Gasteiger partial charge on any atom is -0.496 e. The zero-order valence-corrected chi connectivity index (χ0v) is 40.1. The van der Waals surface area contributed by atoms with Crippen molar-refractivity contribution >= 4 is 11.9 Å². The highest BCUT2D eigenvalue weighted by molar-refractivity contribution is 5.91. The van der Waals surface area contributed by atoms with E-state index in [1.54, 1.807) is 35.5 Å². The lowest BCUT2D eigenvalue weighted by Crippen LogP contribution is -2.53. The molecule has 0 saturated carbocycles. The molecule has 2 aliphatic rings. The van der Waals surface area contributed by atoms with Crippen molar-refractivity contribution in [3.05, 3.63) is 122 Å². The number of carbonyl (C=O) groups is 2. The standard InChI is InChI=1S/C53H70N2O9/c1-35-14-15-39(28-36(35)2)31-45-52-42(29-37(3)38(4)53(52)62-11)21-25-55(45,6)23-13-27-64-51(57)19-18-50(56)63-26-12-22-54(5)24-20-41-33-48(60-9)49(61-10)34-43(41)44(54)30-40-16-17-46(58-7)47(32-40)59-8/h14-19,28-29,32-34,44-45H,12-13,20-27,30-31H2,1-11H3/q+2/b19-18+. The average Bonchev–Trinajstić information content (AvgIpc) is 3.29. The van der Waals surface area contributed by atoms with Gasteiger partial charge in [-0.2, -0.15) is 0 Å². The Bertz CT molecular complexity index is 2340. The summed E-state index contributed by atoms with van der Waals surface area (Å²) in [6, 6.07) is 19.6. The monoisotopic (exact) mass is 879 g/mol. The van der Waals surface area contributed by atoms with Gasteiger partial charge in [0.2, 0.25) is 0 Å². The van der Waals surface area contributed by atoms with Crippen LogP contribution in [-0.2, 0) is 44.7 Å². The third-order valence-electron chi connectivity index (χ3n) is 14.1. The van der Waals surface area contributed by atoms with Crippen LogP contribution in [0, 0.1) is 27.7 Å². The van der Waals surface area contributed by atoms with Gasteiger partial charge in [0.25, 0.3) is 0 Å². The second-order valence-corrected chi connectivity index (χ2v) is 18.1. The van der Waals surface area contributed by atoms with E-state index in [-0.39, 0.29) is 25.3 Å². The molecule has 2 heterocycles. The fraction of sp³-hybridized carbons (Fsp3) is 0.472. The number of quaternary nitrogens is 2. The first-order chi connectivity index (χ1) is 30.7. The van der Waals surface area contributed by atoms with E-state index in [1.165, 1.54) is 62.2 Å². The van der Waals surface area contributed by atoms with Crippen LogP contribution >= 0.6 is 0 Å². The number of aryl methyl sites for hydroxylation is 3. The van der Waals surface area contributed by atoms with Crippen molar-refractivity contribution < 1.29 is 51.7 Å². The summed E-state index contributed by atoms with van der Waals surface area (Å²) in [6.07, 6.45) is 7.11. The van der Waals surface area contributed by atoms with Gasteiger partial charge < -0.3 is 42.1 Å². The van der Waals surface area contributed by atoms with Crippen molar-refractivity contribution in [1.82, 2.24) is 0 Å². The molecule has 4 atom stereocenters. The third-order valence-corrected chi connectivity index (χ3v) is 14.1. The van der Waals surface area contributed by atoms with Crippen LogP contribution in [0.4, 0.5) is 0 Å². The first-order valence-electron chi connectivity index (χ1n) is 22.6. The van der Waals surface area contributed by atoms with Crippen molar-refractivity contribution in [2.24, 2.45) is 0 Å². The predicted molar refractivity (Wildman–Crippen MR) is 250 cm³/mol. The van der Waals surface area contributed by atoms with Gasteiger partial charge in [0.15, 0.2) is 23.0 Å². The molecule has 0 spiro atoms. The van der Waals surface area contributed by atoms with E-state index in [0.29, 0.717) is 30.1 Å². The highest BCUT2D eigenvalue weighted by atomic mass is 16.5. The van der Waals surface area contributed by atoms with Crippen LogP contribution in [0.2, 0.25) is 0 Å². The average molecular weight is 879 g/mol. The van der Waals surface area contributed by atoms with Crippen molar-refractivity contribution in [2.75, 3.05) is 89.0 Å². The molecular weight excluding hydrogens is 809 g/mol. The van der Waals surface area contributed by atoms with Gasteiger partial charge in [-0.25, -0.2) is 9.59 Å². The Labute approximate surface area is 381 Å². The van der Waals surface area contributed by atoms with Crippen LogP contribution in [0.3, 0.4) is 0 Å². The maximum atomic E-state index is 12.8. The molecule has 0 aromatic heterocycles. The summed E-state index contributed by atoms with van der Waals surface area (Å²) in [7, 11) is 13.0. The molecule has 11 nitrogen and oxygen atoms in total. The number of hydrogen-bond acceptors (Lipinski definition) is 9. The quantitative estimate of drug-likeness (QED) is 0.0397. The Morgan fingerprint density at radius 3 is 1.70 bits per heavy atom. The van der Waals surface area contributed by atoms with Crippen LogP contribution in [0.1, 0.15) is 80.6 Å². The Morgan fingerprint density at radius 1 is 0.578 bits per heavy atom. The zero-order valence-electron chi connectivity index (χ0n) is 40.1. The molecule has 2 aliphatic heterocycles. The summed E-state index contributed by atoms with van der Waals surface area (Å²) in [5.74, 6) is 2.64. The molecule has 0 aliphatic carbocycles. The van der Waals surface area contributed by atoms with E-state index in [0.717, 1.165) is 77.9 Å². The molecule has 0 saturated heterocycles. The topological polar surface area (TPSA) is 98.8 Å². The van der Waals surface area contributed by atoms with Crippen LogP contribution in [0.5, 0.6) is 28.7 Å². The van der Waals surface area contributed by atoms with Gasteiger partial charge in [-0.3, -0.25) is 0 Å². The van der Waals surface area contributed by atoms with Gasteiger partial charge in [-0.1, -0.05) is 30.3 Å². The number of likely N-dealkylation sites (N-methyl/N-ethyl adjacent to an activating group) is 2. The number of fused-ring (bicyclic) bond motifs is 2. The second-order valence-electron chi connectivity index (χ2n) is 18.1. The molecule has 0 fully saturated rings. The fourth-order valence-corrected chi connectivity index (χ4v) is 9.99. The first kappa shape index (κ1) is 47.9. The lowest BCUT2D eigenvalue weighted by atomic mass is 9.83. The van der Waals surface area contributed by atoms with Crippen molar-refractivity contribution in [2.45, 2.75) is 78.3 Å². The van der Waals surface area contributed by atoms with Crippen molar-refractivity contribution in [3.8, 4) is 28.7 Å². The van der Waals surface area contributed by atoms with Gasteiger partial charge in [-0.15, -0.1) is 0 Å². The SMILES string of the molecule is COc1ccc(CC2c3cc(OC)c(OC)cc3CC[N+]2(C)CCCOC(=O)/C=C/C(=O)OCCC[N+]2(C)CCc3cc(C)c(C)c(OC)c3C2Cc2ccc(C)c(C)c2)cc1OC. The molecule has 64 heavy (non-hydrogen) atoms. The van der Waals surface area contributed by atoms with Gasteiger partial charge >= 0.3 is 11.9 Å². The smallest absolute Gasteiger partial charge is 0.331 e. The number of rotatable bonds is 19. The molecule has 0 bridgehead atoms. The maximum absolute atomic E-state index is 12.8. The van der Waals surface area contributed by atoms with Crippen molar-refractivity contribution in [1.29, 1.82) is 0 Å². The Hall–Kier alpha value is -5.52. The predicted octanol–water partition coefficient (Wildman–Crippen LogP) is 8.66. The number of ether oxygens (including phenoxy) is 7. The van der Waals surface area contributed by atoms with E-state index in [9.17, 15) is 9.59 Å². The van der Waals surface area contributed by atoms with Gasteiger partial charge in [0.1, 0.15) is 17.8 Å². The number of hydrogen-bond donors (Lipinski definition) is 0. The Morgan fingerprint density at radius 2 is 1.11 bits per heavy atom. The van der Waals surface area contributed by atoms with Crippen LogP contribution in [0.25, 0.3) is 0 Å². The van der Waals surface area contributed by atoms with Gasteiger partial charge in [-0.05, 0) is 96.5 Å². The largest absolute Gasteiger partial charge is 0.496 e. The minimum absolute atomic E-state index is 0.0852. The van der Waals surface area contributed by atoms with Gasteiger partial charge in [0, 0.05) is 56.2 Å². The Balaban J connectivity index is 1.04. The van der Waals surface area contributed by atoms with Crippen LogP contribution in [0.15, 0.2) is 66.7 Å². The lowest BCUT2D eigenvalue weighted by Gasteiger charge is -2.46. The number of nitrogens with zero attached hydrogens (tertiary/aromatic N) is 2. The lowest BCUT2D eigenvalue weighted by molar-refractivity contribution is -0.941. The molecule has 4 aromatic rings. The molecule has 4 unspecified atom stereocenters. The molecule has 0 radical (unpaired) electrons. The second kappa shape index (κ2) is 21.0. The Kier molecular flexibility index (Phi) is 15.7. The van der Waals surface area contributed by atoms with E-state index in [2.05, 4.69) is 84.3 Å². The third kappa shape index (κ3) is 10.7. The number of methoxy groups -OCH3 is 5. The highest BCUT2D eigenvalue weighted by Crippen LogP contribution is 2.46. The molecule has 6 rings (SSSR count). The molecular formula is C53H70N2O9+2. The molecule has 11 heteroatoms. The van der Waals surface area contributed by atoms with Crippen LogP contribution < -0.4 is 23.7 Å². The van der Waals surface area contributed by atoms with E-state index in [4.69, 9.17) is 33.2 Å².